The van der Waals surface area contributed by atoms with E-state index in [1.54, 1.807) is 0 Å². The van der Waals surface area contributed by atoms with Gasteiger partial charge in [-0.25, -0.2) is 10.5 Å². The number of aromatic nitrogens is 4. The van der Waals surface area contributed by atoms with Crippen LogP contribution in [0.1, 0.15) is 61.4 Å². The van der Waals surface area contributed by atoms with Crippen molar-refractivity contribution in [1.82, 2.24) is 25.6 Å². The largest absolute Gasteiger partial charge is 0.361 e. The first-order chi connectivity index (χ1) is 18.0. The number of benzene rings is 2. The molecule has 1 aliphatic heterocycles. The first kappa shape index (κ1) is 24.5. The molecule has 8 heteroatoms. The molecule has 37 heavy (non-hydrogen) atoms. The van der Waals surface area contributed by atoms with E-state index < -0.39 is 0 Å². The molecular weight excluding hydrogens is 464 g/mol. The predicted octanol–water partition coefficient (Wildman–Crippen LogP) is 5.90. The third kappa shape index (κ3) is 5.48. The van der Waals surface area contributed by atoms with Gasteiger partial charge in [0.2, 0.25) is 5.89 Å². The highest BCUT2D eigenvalue weighted by atomic mass is 16.7. The van der Waals surface area contributed by atoms with Gasteiger partial charge in [0, 0.05) is 30.5 Å². The van der Waals surface area contributed by atoms with E-state index in [9.17, 15) is 0 Å². The highest BCUT2D eigenvalue weighted by Crippen LogP contribution is 2.32. The van der Waals surface area contributed by atoms with Crippen LogP contribution in [0.2, 0.25) is 0 Å². The molecule has 1 aliphatic rings. The molecule has 0 aliphatic carbocycles. The summed E-state index contributed by atoms with van der Waals surface area (Å²) in [5.74, 6) is 3.40. The fourth-order valence-electron chi connectivity index (χ4n) is 4.50. The number of hydrogen-bond donors (Lipinski definition) is 1. The molecule has 4 aromatic rings. The lowest BCUT2D eigenvalue weighted by atomic mass is 9.96. The van der Waals surface area contributed by atoms with Gasteiger partial charge in [-0.1, -0.05) is 80.2 Å². The van der Waals surface area contributed by atoms with E-state index >= 15 is 0 Å². The maximum absolute atomic E-state index is 5.85. The van der Waals surface area contributed by atoms with Crippen LogP contribution >= 0.6 is 0 Å². The third-order valence-corrected chi connectivity index (χ3v) is 6.74. The number of piperidine rings is 1. The van der Waals surface area contributed by atoms with Gasteiger partial charge in [-0.2, -0.15) is 9.97 Å². The van der Waals surface area contributed by atoms with Crippen molar-refractivity contribution in [2.24, 2.45) is 0 Å². The minimum absolute atomic E-state index is 0.262. The van der Waals surface area contributed by atoms with Gasteiger partial charge in [0.25, 0.3) is 5.88 Å². The van der Waals surface area contributed by atoms with Crippen LogP contribution in [0, 0.1) is 6.92 Å². The molecule has 5 rings (SSSR count). The number of hydrogen-bond acceptors (Lipinski definition) is 8. The molecule has 0 bridgehead atoms. The fraction of sp³-hybridized carbons (Fsp3) is 0.310. The summed E-state index contributed by atoms with van der Waals surface area (Å²) in [7, 11) is 0. The van der Waals surface area contributed by atoms with Crippen LogP contribution in [0.4, 0.5) is 5.82 Å². The number of rotatable bonds is 8. The molecule has 190 valence electrons. The van der Waals surface area contributed by atoms with Gasteiger partial charge in [0.1, 0.15) is 12.1 Å². The van der Waals surface area contributed by atoms with E-state index in [2.05, 4.69) is 75.2 Å². The third-order valence-electron chi connectivity index (χ3n) is 6.74. The van der Waals surface area contributed by atoms with E-state index in [0.29, 0.717) is 11.6 Å². The van der Waals surface area contributed by atoms with E-state index in [1.165, 1.54) is 11.9 Å². The number of hydroxylamine groups is 1. The monoisotopic (exact) mass is 496 g/mol. The summed E-state index contributed by atoms with van der Waals surface area (Å²) < 4.78 is 5.53. The summed E-state index contributed by atoms with van der Waals surface area (Å²) in [6.07, 6.45) is 3.39. The Morgan fingerprint density at radius 3 is 2.41 bits per heavy atom. The van der Waals surface area contributed by atoms with Crippen LogP contribution in [0.3, 0.4) is 0 Å². The topological polar surface area (TPSA) is 89.2 Å². The van der Waals surface area contributed by atoms with Gasteiger partial charge in [-0.15, -0.1) is 0 Å². The molecule has 0 amide bonds. The Labute approximate surface area is 217 Å². The summed E-state index contributed by atoms with van der Waals surface area (Å²) in [6, 6.07) is 18.5. The van der Waals surface area contributed by atoms with Crippen LogP contribution < -0.4 is 15.2 Å². The zero-order valence-corrected chi connectivity index (χ0v) is 21.5. The Morgan fingerprint density at radius 1 is 1.03 bits per heavy atom. The maximum atomic E-state index is 5.85. The predicted molar refractivity (Wildman–Crippen MR) is 144 cm³/mol. The Balaban J connectivity index is 1.19. The average molecular weight is 497 g/mol. The normalized spacial score (nSPS) is 14.1. The quantitative estimate of drug-likeness (QED) is 0.302. The van der Waals surface area contributed by atoms with Crippen LogP contribution in [-0.2, 0) is 0 Å². The number of nitrogens with zero attached hydrogens (tertiary/aromatic N) is 5. The van der Waals surface area contributed by atoms with Crippen molar-refractivity contribution in [3.05, 3.63) is 90.3 Å². The molecule has 0 saturated carbocycles. The van der Waals surface area contributed by atoms with Crippen molar-refractivity contribution in [3.63, 3.8) is 0 Å². The zero-order chi connectivity index (χ0) is 25.8. The van der Waals surface area contributed by atoms with E-state index in [1.807, 2.05) is 37.3 Å². The lowest BCUT2D eigenvalue weighted by Gasteiger charge is -2.32. The van der Waals surface area contributed by atoms with Crippen molar-refractivity contribution in [1.29, 1.82) is 0 Å². The Morgan fingerprint density at radius 2 is 1.73 bits per heavy atom. The highest BCUT2D eigenvalue weighted by Gasteiger charge is 2.27. The highest BCUT2D eigenvalue weighted by molar-refractivity contribution is 5.68. The zero-order valence-electron chi connectivity index (χ0n) is 21.5. The van der Waals surface area contributed by atoms with Crippen molar-refractivity contribution < 1.29 is 9.36 Å². The standard InChI is InChI=1S/C29H32N6O2/c1-19(2)26-32-29(37-34-26)25-14-16-35(17-15-25)27-20(3)28(31-18-30-27)36-33-21(4)22-10-12-24(13-11-22)23-8-6-5-7-9-23/h5-13,18-19,25,33H,4,14-17H2,1-3H3. The van der Waals surface area contributed by atoms with Crippen LogP contribution in [0.5, 0.6) is 5.88 Å². The van der Waals surface area contributed by atoms with Gasteiger partial charge in [0.05, 0.1) is 11.3 Å². The minimum atomic E-state index is 0.262. The first-order valence-electron chi connectivity index (χ1n) is 12.7. The number of nitrogens with one attached hydrogen (secondary N) is 1. The average Bonchev–Trinajstić information content (AvgIpc) is 3.44. The van der Waals surface area contributed by atoms with Gasteiger partial charge < -0.3 is 14.3 Å². The van der Waals surface area contributed by atoms with Crippen LogP contribution in [0.25, 0.3) is 16.8 Å². The summed E-state index contributed by atoms with van der Waals surface area (Å²) in [4.78, 5) is 21.6. The Bertz CT molecular complexity index is 1340. The first-order valence-corrected chi connectivity index (χ1v) is 12.7. The SMILES string of the molecule is C=C(NOc1ncnc(N2CCC(c3nc(C(C)C)no3)CC2)c1C)c1ccc(-c2ccccc2)cc1. The number of anilines is 1. The molecule has 1 N–H and O–H groups in total. The Hall–Kier alpha value is -4.20. The molecule has 8 nitrogen and oxygen atoms in total. The van der Waals surface area contributed by atoms with Crippen LogP contribution in [0.15, 0.2) is 72.0 Å². The van der Waals surface area contributed by atoms with E-state index in [-0.39, 0.29) is 11.8 Å². The summed E-state index contributed by atoms with van der Waals surface area (Å²) >= 11 is 0. The van der Waals surface area contributed by atoms with Gasteiger partial charge in [0.15, 0.2) is 5.82 Å². The molecule has 1 fully saturated rings. The molecule has 0 spiro atoms. The summed E-state index contributed by atoms with van der Waals surface area (Å²) in [6.45, 7) is 11.9. The lowest BCUT2D eigenvalue weighted by Crippen LogP contribution is -2.34. The second-order valence-corrected chi connectivity index (χ2v) is 9.66. The second-order valence-electron chi connectivity index (χ2n) is 9.66. The minimum Gasteiger partial charge on any atom is -0.361 e. The molecule has 1 saturated heterocycles. The van der Waals surface area contributed by atoms with Crippen molar-refractivity contribution in [2.75, 3.05) is 18.0 Å². The Kier molecular flexibility index (Phi) is 7.16. The van der Waals surface area contributed by atoms with Gasteiger partial charge in [-0.05, 0) is 30.9 Å². The summed E-state index contributed by atoms with van der Waals surface area (Å²) in [5, 5.41) is 4.12. The molecule has 2 aromatic carbocycles. The van der Waals surface area contributed by atoms with Crippen molar-refractivity contribution in [2.45, 2.75) is 45.4 Å². The van der Waals surface area contributed by atoms with Gasteiger partial charge in [-0.3, -0.25) is 0 Å². The molecule has 2 aromatic heterocycles. The molecular formula is C29H32N6O2. The van der Waals surface area contributed by atoms with Crippen LogP contribution in [-0.4, -0.2) is 33.2 Å². The van der Waals surface area contributed by atoms with Gasteiger partial charge >= 0.3 is 0 Å². The molecule has 0 atom stereocenters. The molecule has 0 radical (unpaired) electrons. The fourth-order valence-corrected chi connectivity index (χ4v) is 4.50. The van der Waals surface area contributed by atoms with Crippen molar-refractivity contribution >= 4 is 11.5 Å². The van der Waals surface area contributed by atoms with E-state index in [4.69, 9.17) is 9.36 Å². The van der Waals surface area contributed by atoms with Crippen molar-refractivity contribution in [3.8, 4) is 17.0 Å². The molecule has 0 unspecified atom stereocenters. The lowest BCUT2D eigenvalue weighted by molar-refractivity contribution is 0.240. The molecule has 3 heterocycles. The summed E-state index contributed by atoms with van der Waals surface area (Å²) in [5.41, 5.74) is 7.75. The van der Waals surface area contributed by atoms with E-state index in [0.717, 1.165) is 60.2 Å². The second kappa shape index (κ2) is 10.8. The maximum Gasteiger partial charge on any atom is 0.253 e. The smallest absolute Gasteiger partial charge is 0.253 e.